The second kappa shape index (κ2) is 5.95. The SMILES string of the molecule is O=C(O)[C@@]12CCC[C@H]1CN(Cc1nn(-c3ccccc3)c3c1CCC3)C2. The van der Waals surface area contributed by atoms with Crippen molar-refractivity contribution in [1.82, 2.24) is 14.7 Å². The number of hydrogen-bond donors (Lipinski definition) is 1. The molecule has 136 valence electrons. The van der Waals surface area contributed by atoms with Crippen LogP contribution < -0.4 is 0 Å². The van der Waals surface area contributed by atoms with Crippen molar-refractivity contribution in [2.75, 3.05) is 13.1 Å². The fourth-order valence-electron chi connectivity index (χ4n) is 5.50. The molecule has 1 aromatic heterocycles. The molecule has 1 aromatic carbocycles. The zero-order valence-electron chi connectivity index (χ0n) is 15.0. The summed E-state index contributed by atoms with van der Waals surface area (Å²) >= 11 is 0. The van der Waals surface area contributed by atoms with Gasteiger partial charge in [0.25, 0.3) is 0 Å². The summed E-state index contributed by atoms with van der Waals surface area (Å²) < 4.78 is 2.11. The van der Waals surface area contributed by atoms with E-state index in [1.54, 1.807) is 0 Å². The molecule has 0 bridgehead atoms. The zero-order valence-corrected chi connectivity index (χ0v) is 15.0. The van der Waals surface area contributed by atoms with E-state index in [4.69, 9.17) is 5.10 Å². The Labute approximate surface area is 153 Å². The molecule has 5 heteroatoms. The van der Waals surface area contributed by atoms with Crippen LogP contribution in [0.5, 0.6) is 0 Å². The second-order valence-corrected chi connectivity index (χ2v) is 8.19. The van der Waals surface area contributed by atoms with Crippen LogP contribution in [0.2, 0.25) is 0 Å². The number of carboxylic acid groups (broad SMARTS) is 1. The van der Waals surface area contributed by atoms with Crippen LogP contribution >= 0.6 is 0 Å². The lowest BCUT2D eigenvalue weighted by Gasteiger charge is -2.23. The number of carbonyl (C=O) groups is 1. The molecule has 1 saturated carbocycles. The minimum atomic E-state index is -0.595. The Morgan fingerprint density at radius 3 is 2.85 bits per heavy atom. The molecule has 1 saturated heterocycles. The van der Waals surface area contributed by atoms with Crippen molar-refractivity contribution in [2.45, 2.75) is 45.1 Å². The third-order valence-electron chi connectivity index (χ3n) is 6.75. The third kappa shape index (κ3) is 2.33. The molecule has 0 spiro atoms. The predicted octanol–water partition coefficient (Wildman–Crippen LogP) is 3.05. The van der Waals surface area contributed by atoms with Crippen molar-refractivity contribution < 1.29 is 9.90 Å². The molecule has 2 aromatic rings. The number of hydrogen-bond acceptors (Lipinski definition) is 3. The molecule has 2 fully saturated rings. The van der Waals surface area contributed by atoms with Crippen LogP contribution in [-0.4, -0.2) is 38.8 Å². The molecule has 3 aliphatic rings. The Bertz CT molecular complexity index is 844. The van der Waals surface area contributed by atoms with Crippen LogP contribution in [0, 0.1) is 11.3 Å². The average Bonchev–Trinajstić information content (AvgIpc) is 3.36. The summed E-state index contributed by atoms with van der Waals surface area (Å²) in [5.74, 6) is -0.285. The summed E-state index contributed by atoms with van der Waals surface area (Å²) in [6.45, 7) is 2.37. The lowest BCUT2D eigenvalue weighted by molar-refractivity contribution is -0.149. The van der Waals surface area contributed by atoms with Gasteiger partial charge >= 0.3 is 5.97 Å². The number of fused-ring (bicyclic) bond motifs is 2. The Hall–Kier alpha value is -2.14. The van der Waals surface area contributed by atoms with Gasteiger partial charge in [-0.05, 0) is 55.7 Å². The molecule has 5 nitrogen and oxygen atoms in total. The first kappa shape index (κ1) is 16.1. The predicted molar refractivity (Wildman–Crippen MR) is 98.3 cm³/mol. The molecule has 26 heavy (non-hydrogen) atoms. The molecular weight excluding hydrogens is 326 g/mol. The number of benzene rings is 1. The number of rotatable bonds is 4. The van der Waals surface area contributed by atoms with E-state index < -0.39 is 11.4 Å². The van der Waals surface area contributed by atoms with Crippen LogP contribution in [0.4, 0.5) is 0 Å². The maximum absolute atomic E-state index is 11.9. The van der Waals surface area contributed by atoms with Gasteiger partial charge in [-0.2, -0.15) is 5.10 Å². The lowest BCUT2D eigenvalue weighted by Crippen LogP contribution is -2.35. The van der Waals surface area contributed by atoms with Gasteiger partial charge < -0.3 is 5.11 Å². The maximum atomic E-state index is 11.9. The maximum Gasteiger partial charge on any atom is 0.311 e. The largest absolute Gasteiger partial charge is 0.481 e. The highest BCUT2D eigenvalue weighted by molar-refractivity contribution is 5.76. The van der Waals surface area contributed by atoms with Crippen molar-refractivity contribution in [3.8, 4) is 5.69 Å². The van der Waals surface area contributed by atoms with Gasteiger partial charge in [0.2, 0.25) is 0 Å². The molecule has 5 rings (SSSR count). The summed E-state index contributed by atoms with van der Waals surface area (Å²) in [5.41, 5.74) is 4.51. The van der Waals surface area contributed by atoms with E-state index in [0.717, 1.165) is 56.6 Å². The summed E-state index contributed by atoms with van der Waals surface area (Å²) in [6.07, 6.45) is 6.31. The topological polar surface area (TPSA) is 58.4 Å². The smallest absolute Gasteiger partial charge is 0.311 e. The van der Waals surface area contributed by atoms with Gasteiger partial charge in [-0.1, -0.05) is 24.6 Å². The number of carboxylic acids is 1. The van der Waals surface area contributed by atoms with Gasteiger partial charge in [-0.25, -0.2) is 4.68 Å². The number of nitrogens with zero attached hydrogens (tertiary/aromatic N) is 3. The van der Waals surface area contributed by atoms with Gasteiger partial charge in [0.05, 0.1) is 16.8 Å². The van der Waals surface area contributed by atoms with Crippen molar-refractivity contribution in [1.29, 1.82) is 0 Å². The molecule has 0 radical (unpaired) electrons. The fourth-order valence-corrected chi connectivity index (χ4v) is 5.50. The van der Waals surface area contributed by atoms with Gasteiger partial charge in [-0.15, -0.1) is 0 Å². The van der Waals surface area contributed by atoms with Gasteiger partial charge in [0.1, 0.15) is 0 Å². The van der Waals surface area contributed by atoms with Crippen LogP contribution in [0.3, 0.4) is 0 Å². The molecule has 1 aliphatic heterocycles. The quantitative estimate of drug-likeness (QED) is 0.920. The minimum absolute atomic E-state index is 0.309. The highest BCUT2D eigenvalue weighted by Gasteiger charge is 2.54. The zero-order chi connectivity index (χ0) is 17.7. The fraction of sp³-hybridized carbons (Fsp3) is 0.524. The monoisotopic (exact) mass is 351 g/mol. The van der Waals surface area contributed by atoms with Crippen molar-refractivity contribution >= 4 is 5.97 Å². The summed E-state index contributed by atoms with van der Waals surface area (Å²) in [6, 6.07) is 10.3. The summed E-state index contributed by atoms with van der Waals surface area (Å²) in [4.78, 5) is 14.3. The normalized spacial score (nSPS) is 27.6. The highest BCUT2D eigenvalue weighted by Crippen LogP contribution is 2.49. The molecule has 0 unspecified atom stereocenters. The first-order valence-electron chi connectivity index (χ1n) is 9.78. The Morgan fingerprint density at radius 2 is 2.08 bits per heavy atom. The van der Waals surface area contributed by atoms with E-state index in [0.29, 0.717) is 12.5 Å². The van der Waals surface area contributed by atoms with Gasteiger partial charge in [-0.3, -0.25) is 9.69 Å². The Balaban J connectivity index is 1.43. The molecule has 2 heterocycles. The molecule has 1 N–H and O–H groups in total. The summed E-state index contributed by atoms with van der Waals surface area (Å²) in [5, 5.41) is 14.8. The number of aromatic nitrogens is 2. The van der Waals surface area contributed by atoms with Crippen LogP contribution in [0.15, 0.2) is 30.3 Å². The first-order valence-corrected chi connectivity index (χ1v) is 9.78. The van der Waals surface area contributed by atoms with E-state index >= 15 is 0 Å². The number of likely N-dealkylation sites (tertiary alicyclic amines) is 1. The standard InChI is InChI=1S/C21H25N3O2/c25-20(26)21-11-5-6-15(21)12-23(14-21)13-18-17-9-4-10-19(17)24(22-18)16-7-2-1-3-8-16/h1-3,7-8,15H,4-6,9-14H2,(H,25,26)/t15-,21+/m0/s1. The number of aliphatic carboxylic acids is 1. The van der Waals surface area contributed by atoms with Crippen molar-refractivity contribution in [2.24, 2.45) is 11.3 Å². The van der Waals surface area contributed by atoms with Gasteiger partial charge in [0.15, 0.2) is 0 Å². The highest BCUT2D eigenvalue weighted by atomic mass is 16.4. The second-order valence-electron chi connectivity index (χ2n) is 8.19. The van der Waals surface area contributed by atoms with Gasteiger partial charge in [0, 0.05) is 25.3 Å². The van der Waals surface area contributed by atoms with Crippen LogP contribution in [0.1, 0.15) is 42.6 Å². The Kier molecular flexibility index (Phi) is 3.67. The molecule has 2 atom stereocenters. The first-order chi connectivity index (χ1) is 12.7. The third-order valence-corrected chi connectivity index (χ3v) is 6.75. The van der Waals surface area contributed by atoms with E-state index in [-0.39, 0.29) is 0 Å². The van der Waals surface area contributed by atoms with E-state index in [1.807, 2.05) is 6.07 Å². The molecule has 2 aliphatic carbocycles. The minimum Gasteiger partial charge on any atom is -0.481 e. The Morgan fingerprint density at radius 1 is 1.23 bits per heavy atom. The summed E-state index contributed by atoms with van der Waals surface area (Å²) in [7, 11) is 0. The van der Waals surface area contributed by atoms with Crippen LogP contribution in [0.25, 0.3) is 5.69 Å². The average molecular weight is 351 g/mol. The van der Waals surface area contributed by atoms with E-state index in [1.165, 1.54) is 17.7 Å². The molecule has 0 amide bonds. The van der Waals surface area contributed by atoms with Crippen LogP contribution in [-0.2, 0) is 24.2 Å². The van der Waals surface area contributed by atoms with E-state index in [9.17, 15) is 9.90 Å². The van der Waals surface area contributed by atoms with E-state index in [2.05, 4.69) is 33.8 Å². The van der Waals surface area contributed by atoms with Crippen molar-refractivity contribution in [3.05, 3.63) is 47.3 Å². The number of para-hydroxylation sites is 1. The molecular formula is C21H25N3O2. The van der Waals surface area contributed by atoms with Crippen molar-refractivity contribution in [3.63, 3.8) is 0 Å². The lowest BCUT2D eigenvalue weighted by atomic mass is 9.81.